The van der Waals surface area contributed by atoms with E-state index < -0.39 is 26.0 Å². The summed E-state index contributed by atoms with van der Waals surface area (Å²) in [7, 11) is -6.92. The molecule has 1 aromatic rings. The Morgan fingerprint density at radius 3 is 2.39 bits per heavy atom. The van der Waals surface area contributed by atoms with Gasteiger partial charge in [-0.25, -0.2) is 25.9 Å². The van der Waals surface area contributed by atoms with E-state index in [0.717, 1.165) is 0 Å². The van der Waals surface area contributed by atoms with E-state index in [1.165, 1.54) is 28.6 Å². The quantitative estimate of drug-likeness (QED) is 0.651. The molecule has 1 aromatic carbocycles. The van der Waals surface area contributed by atoms with Crippen LogP contribution in [0.1, 0.15) is 40.0 Å². The molecule has 0 radical (unpaired) electrons. The van der Waals surface area contributed by atoms with Crippen LogP contribution in [0.4, 0.5) is 5.69 Å². The highest BCUT2D eigenvalue weighted by molar-refractivity contribution is 7.89. The minimum absolute atomic E-state index is 0.0850. The third-order valence-corrected chi connectivity index (χ3v) is 8.15. The van der Waals surface area contributed by atoms with Crippen LogP contribution in [0.3, 0.4) is 0 Å². The van der Waals surface area contributed by atoms with Crippen molar-refractivity contribution in [2.45, 2.75) is 51.0 Å². The Bertz CT molecular complexity index is 880. The Morgan fingerprint density at radius 1 is 1.18 bits per heavy atom. The Hall–Kier alpha value is -1.49. The third kappa shape index (κ3) is 6.00. The van der Waals surface area contributed by atoms with E-state index in [-0.39, 0.29) is 29.1 Å². The Balaban J connectivity index is 2.03. The van der Waals surface area contributed by atoms with E-state index in [0.29, 0.717) is 31.5 Å². The number of nitrogens with zero attached hydrogens (tertiary/aromatic N) is 1. The van der Waals surface area contributed by atoms with Crippen molar-refractivity contribution in [3.63, 3.8) is 0 Å². The first-order chi connectivity index (χ1) is 13.0. The molecule has 1 aliphatic rings. The molecule has 1 saturated heterocycles. The number of rotatable bonds is 8. The summed E-state index contributed by atoms with van der Waals surface area (Å²) in [5, 5.41) is 2.76. The second-order valence-corrected chi connectivity index (χ2v) is 11.1. The monoisotopic (exact) mass is 431 g/mol. The summed E-state index contributed by atoms with van der Waals surface area (Å²) in [6.45, 7) is 5.91. The second kappa shape index (κ2) is 9.34. The number of piperidine rings is 1. The van der Waals surface area contributed by atoms with Gasteiger partial charge in [-0.15, -0.1) is 0 Å². The van der Waals surface area contributed by atoms with Crippen LogP contribution in [-0.2, 0) is 24.8 Å². The molecular formula is C18H29N3O5S2. The maximum atomic E-state index is 12.6. The molecule has 1 heterocycles. The molecule has 2 N–H and O–H groups in total. The standard InChI is InChI=1S/C18H29N3O5S2/c1-4-12-27(23,24)21-11-5-6-15(13-21)18(22)19-16-7-9-17(10-8-16)28(25,26)20-14(2)3/h7-10,14-15,20H,4-6,11-13H2,1-3H3,(H,19,22). The molecule has 2 rings (SSSR count). The molecular weight excluding hydrogens is 402 g/mol. The Labute approximate surface area is 167 Å². The van der Waals surface area contributed by atoms with Crippen LogP contribution >= 0.6 is 0 Å². The fourth-order valence-electron chi connectivity index (χ4n) is 3.14. The minimum Gasteiger partial charge on any atom is -0.326 e. The number of hydrogen-bond donors (Lipinski definition) is 2. The highest BCUT2D eigenvalue weighted by Crippen LogP contribution is 2.22. The average Bonchev–Trinajstić information content (AvgIpc) is 2.61. The lowest BCUT2D eigenvalue weighted by Gasteiger charge is -2.31. The first-order valence-corrected chi connectivity index (χ1v) is 12.6. The van der Waals surface area contributed by atoms with Crippen LogP contribution < -0.4 is 10.0 Å². The number of nitrogens with one attached hydrogen (secondary N) is 2. The molecule has 1 amide bonds. The zero-order valence-corrected chi connectivity index (χ0v) is 18.1. The third-order valence-electron chi connectivity index (χ3n) is 4.43. The van der Waals surface area contributed by atoms with Gasteiger partial charge in [-0.05, 0) is 57.4 Å². The average molecular weight is 432 g/mol. The molecule has 0 aliphatic carbocycles. The first kappa shape index (κ1) is 22.8. The molecule has 28 heavy (non-hydrogen) atoms. The van der Waals surface area contributed by atoms with Crippen LogP contribution in [0.25, 0.3) is 0 Å². The van der Waals surface area contributed by atoms with Crippen LogP contribution in [0.5, 0.6) is 0 Å². The van der Waals surface area contributed by atoms with Crippen molar-refractivity contribution in [1.29, 1.82) is 0 Å². The fraction of sp³-hybridized carbons (Fsp3) is 0.611. The number of amides is 1. The normalized spacial score (nSPS) is 18.9. The number of anilines is 1. The topological polar surface area (TPSA) is 113 Å². The van der Waals surface area contributed by atoms with E-state index in [2.05, 4.69) is 10.0 Å². The van der Waals surface area contributed by atoms with Gasteiger partial charge in [-0.3, -0.25) is 4.79 Å². The van der Waals surface area contributed by atoms with Crippen molar-refractivity contribution in [3.8, 4) is 0 Å². The molecule has 10 heteroatoms. The van der Waals surface area contributed by atoms with Crippen LogP contribution in [0.15, 0.2) is 29.2 Å². The SMILES string of the molecule is CCCS(=O)(=O)N1CCCC(C(=O)Nc2ccc(S(=O)(=O)NC(C)C)cc2)C1. The molecule has 158 valence electrons. The van der Waals surface area contributed by atoms with Crippen molar-refractivity contribution < 1.29 is 21.6 Å². The smallest absolute Gasteiger partial charge is 0.240 e. The number of carbonyl (C=O) groups excluding carboxylic acids is 1. The number of carbonyl (C=O) groups is 1. The van der Waals surface area contributed by atoms with Crippen LogP contribution in [-0.4, -0.2) is 51.9 Å². The van der Waals surface area contributed by atoms with Gasteiger partial charge < -0.3 is 5.32 Å². The van der Waals surface area contributed by atoms with Gasteiger partial charge in [-0.2, -0.15) is 0 Å². The lowest BCUT2D eigenvalue weighted by molar-refractivity contribution is -0.120. The lowest BCUT2D eigenvalue weighted by atomic mass is 9.99. The van der Waals surface area contributed by atoms with Gasteiger partial charge in [0, 0.05) is 24.8 Å². The maximum absolute atomic E-state index is 12.6. The molecule has 1 aliphatic heterocycles. The van der Waals surface area contributed by atoms with Crippen molar-refractivity contribution >= 4 is 31.6 Å². The molecule has 1 fully saturated rings. The van der Waals surface area contributed by atoms with Gasteiger partial charge in [0.25, 0.3) is 0 Å². The molecule has 1 unspecified atom stereocenters. The maximum Gasteiger partial charge on any atom is 0.240 e. The predicted molar refractivity (Wildman–Crippen MR) is 109 cm³/mol. The molecule has 8 nitrogen and oxygen atoms in total. The first-order valence-electron chi connectivity index (χ1n) is 9.46. The van der Waals surface area contributed by atoms with Crippen molar-refractivity contribution in [2.75, 3.05) is 24.2 Å². The predicted octanol–water partition coefficient (Wildman–Crippen LogP) is 1.76. The number of sulfonamides is 2. The van der Waals surface area contributed by atoms with Crippen molar-refractivity contribution in [2.24, 2.45) is 5.92 Å². The van der Waals surface area contributed by atoms with Gasteiger partial charge in [-0.1, -0.05) is 6.92 Å². The van der Waals surface area contributed by atoms with Crippen molar-refractivity contribution in [3.05, 3.63) is 24.3 Å². The van der Waals surface area contributed by atoms with E-state index in [9.17, 15) is 21.6 Å². The van der Waals surface area contributed by atoms with Gasteiger partial charge in [0.15, 0.2) is 0 Å². The van der Waals surface area contributed by atoms with Gasteiger partial charge in [0.05, 0.1) is 16.6 Å². The van der Waals surface area contributed by atoms with Gasteiger partial charge >= 0.3 is 0 Å². The summed E-state index contributed by atoms with van der Waals surface area (Å²) in [6, 6.07) is 5.70. The summed E-state index contributed by atoms with van der Waals surface area (Å²) in [4.78, 5) is 12.7. The lowest BCUT2D eigenvalue weighted by Crippen LogP contribution is -2.44. The fourth-order valence-corrected chi connectivity index (χ4v) is 5.98. The summed E-state index contributed by atoms with van der Waals surface area (Å²) >= 11 is 0. The zero-order valence-electron chi connectivity index (χ0n) is 16.5. The van der Waals surface area contributed by atoms with Crippen molar-refractivity contribution in [1.82, 2.24) is 9.03 Å². The van der Waals surface area contributed by atoms with Crippen LogP contribution in [0.2, 0.25) is 0 Å². The van der Waals surface area contributed by atoms with E-state index in [1.807, 2.05) is 6.92 Å². The molecule has 0 bridgehead atoms. The molecule has 0 saturated carbocycles. The molecule has 1 atom stereocenters. The van der Waals surface area contributed by atoms with Gasteiger partial charge in [0.1, 0.15) is 0 Å². The largest absolute Gasteiger partial charge is 0.326 e. The Morgan fingerprint density at radius 2 is 1.82 bits per heavy atom. The molecule has 0 spiro atoms. The Kier molecular flexibility index (Phi) is 7.60. The number of benzene rings is 1. The second-order valence-electron chi connectivity index (χ2n) is 7.30. The summed E-state index contributed by atoms with van der Waals surface area (Å²) < 4.78 is 52.7. The van der Waals surface area contributed by atoms with Gasteiger partial charge in [0.2, 0.25) is 26.0 Å². The van der Waals surface area contributed by atoms with E-state index in [1.54, 1.807) is 13.8 Å². The van der Waals surface area contributed by atoms with Crippen LogP contribution in [0, 0.1) is 5.92 Å². The molecule has 0 aromatic heterocycles. The van der Waals surface area contributed by atoms with E-state index in [4.69, 9.17) is 0 Å². The number of hydrogen-bond acceptors (Lipinski definition) is 5. The minimum atomic E-state index is -3.59. The van der Waals surface area contributed by atoms with E-state index >= 15 is 0 Å². The highest BCUT2D eigenvalue weighted by atomic mass is 32.2. The zero-order chi connectivity index (χ0) is 20.9. The highest BCUT2D eigenvalue weighted by Gasteiger charge is 2.31. The summed E-state index contributed by atoms with van der Waals surface area (Å²) in [5.41, 5.74) is 0.474. The summed E-state index contributed by atoms with van der Waals surface area (Å²) in [5.74, 6) is -0.597. The summed E-state index contributed by atoms with van der Waals surface area (Å²) in [6.07, 6.45) is 1.80.